The number of hydrogen-bond acceptors (Lipinski definition) is 5. The monoisotopic (exact) mass is 398 g/mol. The van der Waals surface area contributed by atoms with Gasteiger partial charge in [0.25, 0.3) is 5.91 Å². The maximum absolute atomic E-state index is 12.1. The topological polar surface area (TPSA) is 68.3 Å². The summed E-state index contributed by atoms with van der Waals surface area (Å²) in [4.78, 5) is 28.9. The van der Waals surface area contributed by atoms with E-state index in [-0.39, 0.29) is 17.3 Å². The number of pyridine rings is 1. The van der Waals surface area contributed by atoms with Crippen molar-refractivity contribution >= 4 is 52.7 Å². The zero-order valence-corrected chi connectivity index (χ0v) is 15.7. The lowest BCUT2D eigenvalue weighted by Gasteiger charge is -2.13. The van der Waals surface area contributed by atoms with Crippen molar-refractivity contribution in [1.29, 1.82) is 0 Å². The van der Waals surface area contributed by atoms with Gasteiger partial charge in [-0.25, -0.2) is 4.98 Å². The number of hydrogen-bond donors (Lipinski definition) is 1. The summed E-state index contributed by atoms with van der Waals surface area (Å²) in [7, 11) is 0. The van der Waals surface area contributed by atoms with Crippen LogP contribution in [0.1, 0.15) is 13.3 Å². The summed E-state index contributed by atoms with van der Waals surface area (Å²) < 4.78 is 5.12. The van der Waals surface area contributed by atoms with Gasteiger partial charge in [0.1, 0.15) is 0 Å². The molecule has 1 aromatic carbocycles. The predicted octanol–water partition coefficient (Wildman–Crippen LogP) is 4.44. The molecular weight excluding hydrogens is 383 g/mol. The minimum atomic E-state index is -0.956. The Bertz CT molecular complexity index is 744. The molecule has 25 heavy (non-hydrogen) atoms. The minimum Gasteiger partial charge on any atom is -0.453 e. The molecule has 1 atom stereocenters. The predicted molar refractivity (Wildman–Crippen MR) is 100 cm³/mol. The van der Waals surface area contributed by atoms with E-state index in [1.54, 1.807) is 11.8 Å². The van der Waals surface area contributed by atoms with Crippen molar-refractivity contribution in [2.24, 2.45) is 0 Å². The Kier molecular flexibility index (Phi) is 7.55. The maximum atomic E-state index is 12.1. The van der Waals surface area contributed by atoms with Gasteiger partial charge in [-0.3, -0.25) is 9.59 Å². The first-order valence-corrected chi connectivity index (χ1v) is 9.19. The number of nitrogens with zero attached hydrogens (tertiary/aromatic N) is 1. The van der Waals surface area contributed by atoms with Crippen molar-refractivity contribution in [2.45, 2.75) is 24.3 Å². The van der Waals surface area contributed by atoms with Crippen LogP contribution in [-0.2, 0) is 14.3 Å². The molecule has 0 saturated carbocycles. The van der Waals surface area contributed by atoms with Crippen LogP contribution in [0.5, 0.6) is 0 Å². The highest BCUT2D eigenvalue weighted by atomic mass is 35.5. The molecular formula is C17H16Cl2N2O3S. The summed E-state index contributed by atoms with van der Waals surface area (Å²) in [5.41, 5.74) is 0. The third kappa shape index (κ3) is 6.57. The van der Waals surface area contributed by atoms with Crippen molar-refractivity contribution < 1.29 is 14.3 Å². The van der Waals surface area contributed by atoms with Gasteiger partial charge in [-0.05, 0) is 25.1 Å². The molecule has 1 heterocycles. The highest BCUT2D eigenvalue weighted by Gasteiger charge is 2.19. The van der Waals surface area contributed by atoms with Gasteiger partial charge in [0.05, 0.1) is 16.5 Å². The second-order valence-corrected chi connectivity index (χ2v) is 7.03. The maximum Gasteiger partial charge on any atom is 0.307 e. The largest absolute Gasteiger partial charge is 0.453 e. The number of carbonyl (C=O) groups is 2. The van der Waals surface area contributed by atoms with E-state index in [0.29, 0.717) is 10.8 Å². The van der Waals surface area contributed by atoms with E-state index in [0.717, 1.165) is 4.90 Å². The van der Waals surface area contributed by atoms with Crippen LogP contribution < -0.4 is 5.32 Å². The number of carbonyl (C=O) groups excluding carboxylic acids is 2. The van der Waals surface area contributed by atoms with Crippen molar-refractivity contribution in [3.8, 4) is 0 Å². The number of amides is 1. The van der Waals surface area contributed by atoms with E-state index in [4.69, 9.17) is 27.9 Å². The number of anilines is 1. The first-order chi connectivity index (χ1) is 12.0. The van der Waals surface area contributed by atoms with Crippen LogP contribution in [0.25, 0.3) is 0 Å². The molecule has 0 aliphatic carbocycles. The van der Waals surface area contributed by atoms with E-state index in [9.17, 15) is 9.59 Å². The third-order valence-electron chi connectivity index (χ3n) is 3.04. The highest BCUT2D eigenvalue weighted by molar-refractivity contribution is 7.99. The zero-order valence-electron chi connectivity index (χ0n) is 13.4. The molecule has 0 aliphatic rings. The van der Waals surface area contributed by atoms with Crippen molar-refractivity contribution in [2.75, 3.05) is 11.1 Å². The normalized spacial score (nSPS) is 11.6. The lowest BCUT2D eigenvalue weighted by Crippen LogP contribution is -2.30. The molecule has 0 unspecified atom stereocenters. The Morgan fingerprint density at radius 2 is 2.00 bits per heavy atom. The number of nitrogens with one attached hydrogen (secondary N) is 1. The van der Waals surface area contributed by atoms with Gasteiger partial charge >= 0.3 is 5.97 Å². The molecule has 1 aromatic heterocycles. The van der Waals surface area contributed by atoms with Crippen LogP contribution >= 0.6 is 35.0 Å². The van der Waals surface area contributed by atoms with Gasteiger partial charge in [-0.15, -0.1) is 11.8 Å². The van der Waals surface area contributed by atoms with Crippen molar-refractivity contribution in [3.63, 3.8) is 0 Å². The van der Waals surface area contributed by atoms with Gasteiger partial charge in [0.2, 0.25) is 0 Å². The van der Waals surface area contributed by atoms with Crippen molar-refractivity contribution in [1.82, 2.24) is 4.98 Å². The van der Waals surface area contributed by atoms with Gasteiger partial charge in [-0.2, -0.15) is 0 Å². The fourth-order valence-electron chi connectivity index (χ4n) is 1.80. The number of aromatic nitrogens is 1. The fraction of sp³-hybridized carbons (Fsp3) is 0.235. The molecule has 1 amide bonds. The molecule has 2 aromatic rings. The highest BCUT2D eigenvalue weighted by Crippen LogP contribution is 2.23. The second kappa shape index (κ2) is 9.65. The molecule has 132 valence electrons. The first-order valence-electron chi connectivity index (χ1n) is 7.45. The number of ether oxygens (including phenoxy) is 1. The average molecular weight is 399 g/mol. The van der Waals surface area contributed by atoms with Gasteiger partial charge in [-0.1, -0.05) is 41.4 Å². The lowest BCUT2D eigenvalue weighted by atomic mass is 10.3. The molecule has 0 radical (unpaired) electrons. The minimum absolute atomic E-state index is 0.165. The molecule has 0 spiro atoms. The number of esters is 1. The van der Waals surface area contributed by atoms with E-state index < -0.39 is 18.0 Å². The molecule has 0 fully saturated rings. The number of rotatable bonds is 7. The molecule has 5 nitrogen and oxygen atoms in total. The molecule has 0 saturated heterocycles. The summed E-state index contributed by atoms with van der Waals surface area (Å²) >= 11 is 13.2. The third-order valence-corrected chi connectivity index (χ3v) is 4.55. The Morgan fingerprint density at radius 1 is 1.28 bits per heavy atom. The smallest absolute Gasteiger partial charge is 0.307 e. The molecule has 1 N–H and O–H groups in total. The zero-order chi connectivity index (χ0) is 18.2. The van der Waals surface area contributed by atoms with Crippen LogP contribution in [0.3, 0.4) is 0 Å². The van der Waals surface area contributed by atoms with E-state index in [2.05, 4.69) is 10.3 Å². The van der Waals surface area contributed by atoms with E-state index >= 15 is 0 Å². The van der Waals surface area contributed by atoms with E-state index in [1.165, 1.54) is 19.2 Å². The van der Waals surface area contributed by atoms with Crippen molar-refractivity contribution in [3.05, 3.63) is 52.6 Å². The number of halogens is 2. The van der Waals surface area contributed by atoms with Gasteiger partial charge in [0.15, 0.2) is 11.9 Å². The standard InChI is InChI=1S/C17H16Cl2N2O3S/c1-11(17(23)21-16-14(19)9-12(18)10-20-16)24-15(22)7-8-25-13-5-3-2-4-6-13/h2-6,9-11H,7-8H2,1H3,(H,20,21,23)/t11-/m1/s1. The quantitative estimate of drug-likeness (QED) is 0.551. The van der Waals surface area contributed by atoms with Crippen LogP contribution in [0.2, 0.25) is 10.0 Å². The second-order valence-electron chi connectivity index (χ2n) is 5.02. The molecule has 0 bridgehead atoms. The summed E-state index contributed by atoms with van der Waals surface area (Å²) in [5.74, 6) is -0.220. The lowest BCUT2D eigenvalue weighted by molar-refractivity contribution is -0.152. The Balaban J connectivity index is 1.77. The van der Waals surface area contributed by atoms with E-state index in [1.807, 2.05) is 30.3 Å². The van der Waals surface area contributed by atoms with Gasteiger partial charge < -0.3 is 10.1 Å². The summed E-state index contributed by atoms with van der Waals surface area (Å²) in [6, 6.07) is 11.2. The molecule has 2 rings (SSSR count). The summed E-state index contributed by atoms with van der Waals surface area (Å²) in [6.45, 7) is 1.49. The Morgan fingerprint density at radius 3 is 2.68 bits per heavy atom. The SMILES string of the molecule is C[C@@H](OC(=O)CCSc1ccccc1)C(=O)Nc1ncc(Cl)cc1Cl. The van der Waals surface area contributed by atoms with Crippen LogP contribution in [0.4, 0.5) is 5.82 Å². The Labute approximate surface area is 160 Å². The van der Waals surface area contributed by atoms with Crippen LogP contribution in [0, 0.1) is 0 Å². The number of benzene rings is 1. The fourth-order valence-corrected chi connectivity index (χ4v) is 3.08. The first kappa shape index (κ1) is 19.6. The van der Waals surface area contributed by atoms with Crippen LogP contribution in [-0.4, -0.2) is 28.7 Å². The average Bonchev–Trinajstić information content (AvgIpc) is 2.58. The summed E-state index contributed by atoms with van der Waals surface area (Å²) in [5, 5.41) is 3.07. The molecule has 8 heteroatoms. The molecule has 0 aliphatic heterocycles. The Hall–Kier alpha value is -1.76. The number of thioether (sulfide) groups is 1. The van der Waals surface area contributed by atoms with Crippen LogP contribution in [0.15, 0.2) is 47.5 Å². The summed E-state index contributed by atoms with van der Waals surface area (Å²) in [6.07, 6.45) is 0.611. The van der Waals surface area contributed by atoms with Gasteiger partial charge in [0, 0.05) is 16.8 Å².